The van der Waals surface area contributed by atoms with Crippen molar-refractivity contribution in [1.82, 2.24) is 5.01 Å². The number of carbonyl (C=O) groups excluding carboxylic acids is 1. The van der Waals surface area contributed by atoms with Crippen molar-refractivity contribution in [1.29, 1.82) is 0 Å². The minimum Gasteiger partial charge on any atom is -0.267 e. The fourth-order valence-corrected chi connectivity index (χ4v) is 4.33. The molecule has 0 N–H and O–H groups in total. The van der Waals surface area contributed by atoms with Crippen LogP contribution in [0.1, 0.15) is 39.5 Å². The van der Waals surface area contributed by atoms with Crippen LogP contribution < -0.4 is 0 Å². The predicted molar refractivity (Wildman–Crippen MR) is 99.9 cm³/mol. The SMILES string of the molecule is Cc1ccccc1C(=O)N1N=C(c2ccsc2)C[C@@H]1c1ccsc1. The molecule has 4 rings (SSSR count). The van der Waals surface area contributed by atoms with Crippen LogP contribution in [0.25, 0.3) is 0 Å². The van der Waals surface area contributed by atoms with E-state index in [4.69, 9.17) is 5.10 Å². The minimum absolute atomic E-state index is 0.0294. The molecule has 0 unspecified atom stereocenters. The minimum atomic E-state index is -0.0328. The molecule has 2 aromatic heterocycles. The monoisotopic (exact) mass is 352 g/mol. The zero-order valence-electron chi connectivity index (χ0n) is 13.2. The van der Waals surface area contributed by atoms with Gasteiger partial charge in [0.2, 0.25) is 0 Å². The lowest BCUT2D eigenvalue weighted by atomic mass is 10.0. The van der Waals surface area contributed by atoms with Crippen LogP contribution in [0.15, 0.2) is 63.0 Å². The normalized spacial score (nSPS) is 17.1. The number of rotatable bonds is 3. The van der Waals surface area contributed by atoms with Crippen molar-refractivity contribution in [2.75, 3.05) is 0 Å². The van der Waals surface area contributed by atoms with Gasteiger partial charge in [0.15, 0.2) is 0 Å². The van der Waals surface area contributed by atoms with Gasteiger partial charge in [-0.25, -0.2) is 5.01 Å². The van der Waals surface area contributed by atoms with E-state index in [9.17, 15) is 4.79 Å². The number of thiophene rings is 2. The van der Waals surface area contributed by atoms with Gasteiger partial charge in [0.1, 0.15) is 0 Å². The number of hydrogen-bond acceptors (Lipinski definition) is 4. The highest BCUT2D eigenvalue weighted by Crippen LogP contribution is 2.35. The Kier molecular flexibility index (Phi) is 4.04. The number of hydrogen-bond donors (Lipinski definition) is 0. The summed E-state index contributed by atoms with van der Waals surface area (Å²) in [7, 11) is 0. The van der Waals surface area contributed by atoms with Gasteiger partial charge >= 0.3 is 0 Å². The fraction of sp³-hybridized carbons (Fsp3) is 0.158. The van der Waals surface area contributed by atoms with E-state index in [1.165, 1.54) is 0 Å². The van der Waals surface area contributed by atoms with Crippen molar-refractivity contribution >= 4 is 34.3 Å². The Balaban J connectivity index is 1.74. The summed E-state index contributed by atoms with van der Waals surface area (Å²) >= 11 is 3.30. The van der Waals surface area contributed by atoms with Gasteiger partial charge in [-0.2, -0.15) is 27.8 Å². The van der Waals surface area contributed by atoms with Crippen LogP contribution in [-0.4, -0.2) is 16.6 Å². The molecule has 1 amide bonds. The standard InChI is InChI=1S/C19H16N2OS2/c1-13-4-2-3-5-16(13)19(22)21-18(15-7-9-24-12-15)10-17(20-21)14-6-8-23-11-14/h2-9,11-12,18H,10H2,1H3/t18-/m1/s1. The van der Waals surface area contributed by atoms with Crippen LogP contribution in [0, 0.1) is 6.92 Å². The smallest absolute Gasteiger partial charge is 0.267 e. The van der Waals surface area contributed by atoms with E-state index >= 15 is 0 Å². The topological polar surface area (TPSA) is 32.7 Å². The highest BCUT2D eigenvalue weighted by atomic mass is 32.1. The summed E-state index contributed by atoms with van der Waals surface area (Å²) < 4.78 is 0. The molecule has 3 nitrogen and oxygen atoms in total. The second kappa shape index (κ2) is 6.34. The maximum Gasteiger partial charge on any atom is 0.274 e. The Labute approximate surface area is 148 Å². The molecule has 0 radical (unpaired) electrons. The molecule has 0 bridgehead atoms. The van der Waals surface area contributed by atoms with Crippen LogP contribution in [0.3, 0.4) is 0 Å². The molecular weight excluding hydrogens is 336 g/mol. The summed E-state index contributed by atoms with van der Waals surface area (Å²) in [6.07, 6.45) is 0.755. The number of nitrogens with zero attached hydrogens (tertiary/aromatic N) is 2. The first-order valence-electron chi connectivity index (χ1n) is 7.75. The molecule has 0 aliphatic carbocycles. The van der Waals surface area contributed by atoms with E-state index in [1.54, 1.807) is 27.7 Å². The van der Waals surface area contributed by atoms with E-state index < -0.39 is 0 Å². The molecule has 24 heavy (non-hydrogen) atoms. The molecule has 3 heterocycles. The van der Waals surface area contributed by atoms with Crippen LogP contribution in [0.2, 0.25) is 0 Å². The molecule has 120 valence electrons. The number of amides is 1. The number of aryl methyl sites for hydroxylation is 1. The maximum absolute atomic E-state index is 13.1. The average Bonchev–Trinajstić information content (AvgIpc) is 3.33. The Hall–Kier alpha value is -2.24. The lowest BCUT2D eigenvalue weighted by molar-refractivity contribution is 0.0710. The molecule has 1 aliphatic rings. The highest BCUT2D eigenvalue weighted by molar-refractivity contribution is 7.08. The Morgan fingerprint density at radius 3 is 2.62 bits per heavy atom. The zero-order chi connectivity index (χ0) is 16.5. The van der Waals surface area contributed by atoms with Gasteiger partial charge in [0, 0.05) is 17.5 Å². The van der Waals surface area contributed by atoms with Crippen molar-refractivity contribution in [2.45, 2.75) is 19.4 Å². The van der Waals surface area contributed by atoms with E-state index in [0.717, 1.165) is 28.8 Å². The third-order valence-corrected chi connectivity index (χ3v) is 5.66. The van der Waals surface area contributed by atoms with Gasteiger partial charge in [-0.1, -0.05) is 18.2 Å². The predicted octanol–water partition coefficient (Wildman–Crippen LogP) is 5.11. The summed E-state index contributed by atoms with van der Waals surface area (Å²) in [4.78, 5) is 13.1. The first-order valence-corrected chi connectivity index (χ1v) is 9.64. The number of benzene rings is 1. The molecule has 1 aromatic carbocycles. The summed E-state index contributed by atoms with van der Waals surface area (Å²) in [6, 6.07) is 11.8. The quantitative estimate of drug-likeness (QED) is 0.645. The lowest BCUT2D eigenvalue weighted by Gasteiger charge is -2.21. The molecule has 5 heteroatoms. The molecule has 1 atom stereocenters. The summed E-state index contributed by atoms with van der Waals surface area (Å²) in [6.45, 7) is 1.96. The van der Waals surface area contributed by atoms with Crippen LogP contribution >= 0.6 is 22.7 Å². The van der Waals surface area contributed by atoms with E-state index in [1.807, 2.05) is 41.9 Å². The molecule has 0 fully saturated rings. The molecular formula is C19H16N2OS2. The van der Waals surface area contributed by atoms with Crippen molar-refractivity contribution in [3.05, 3.63) is 80.2 Å². The summed E-state index contributed by atoms with van der Waals surface area (Å²) in [5.41, 5.74) is 4.93. The van der Waals surface area contributed by atoms with Gasteiger partial charge in [-0.3, -0.25) is 4.79 Å². The Morgan fingerprint density at radius 2 is 1.92 bits per heavy atom. The van der Waals surface area contributed by atoms with Gasteiger partial charge < -0.3 is 0 Å². The van der Waals surface area contributed by atoms with Crippen LogP contribution in [0.4, 0.5) is 0 Å². The van der Waals surface area contributed by atoms with Crippen LogP contribution in [-0.2, 0) is 0 Å². The first-order chi connectivity index (χ1) is 11.7. The zero-order valence-corrected chi connectivity index (χ0v) is 14.8. The summed E-state index contributed by atoms with van der Waals surface area (Å²) in [5.74, 6) is -0.0328. The Morgan fingerprint density at radius 1 is 1.12 bits per heavy atom. The van der Waals surface area contributed by atoms with E-state index in [-0.39, 0.29) is 11.9 Å². The second-order valence-corrected chi connectivity index (χ2v) is 7.36. The Bertz CT molecular complexity index is 882. The maximum atomic E-state index is 13.1. The fourth-order valence-electron chi connectivity index (χ4n) is 2.96. The molecule has 0 saturated heterocycles. The van der Waals surface area contributed by atoms with Crippen molar-refractivity contribution in [2.24, 2.45) is 5.10 Å². The number of hydrazone groups is 1. The summed E-state index contributed by atoms with van der Waals surface area (Å²) in [5, 5.41) is 14.7. The second-order valence-electron chi connectivity index (χ2n) is 5.80. The van der Waals surface area contributed by atoms with Gasteiger partial charge in [0.05, 0.1) is 11.8 Å². The van der Waals surface area contributed by atoms with E-state index in [2.05, 4.69) is 22.9 Å². The molecule has 0 spiro atoms. The van der Waals surface area contributed by atoms with E-state index in [0.29, 0.717) is 5.56 Å². The van der Waals surface area contributed by atoms with Gasteiger partial charge in [0.25, 0.3) is 5.91 Å². The van der Waals surface area contributed by atoms with Gasteiger partial charge in [-0.05, 0) is 57.8 Å². The third kappa shape index (κ3) is 2.70. The molecule has 0 saturated carbocycles. The highest BCUT2D eigenvalue weighted by Gasteiger charge is 2.34. The lowest BCUT2D eigenvalue weighted by Crippen LogP contribution is -2.27. The first kappa shape index (κ1) is 15.3. The average molecular weight is 352 g/mol. The third-order valence-electron chi connectivity index (χ3n) is 4.28. The van der Waals surface area contributed by atoms with Crippen molar-refractivity contribution in [3.8, 4) is 0 Å². The van der Waals surface area contributed by atoms with Gasteiger partial charge in [-0.15, -0.1) is 0 Å². The van der Waals surface area contributed by atoms with Crippen molar-refractivity contribution < 1.29 is 4.79 Å². The van der Waals surface area contributed by atoms with Crippen LogP contribution in [0.5, 0.6) is 0 Å². The molecule has 3 aromatic rings. The molecule has 1 aliphatic heterocycles. The van der Waals surface area contributed by atoms with Crippen molar-refractivity contribution in [3.63, 3.8) is 0 Å². The largest absolute Gasteiger partial charge is 0.274 e. The number of carbonyl (C=O) groups is 1.